The van der Waals surface area contributed by atoms with Gasteiger partial charge in [0.25, 0.3) is 5.91 Å². The van der Waals surface area contributed by atoms with Crippen molar-refractivity contribution in [3.05, 3.63) is 48.4 Å². The molecule has 0 aliphatic heterocycles. The maximum absolute atomic E-state index is 13.1. The lowest BCUT2D eigenvalue weighted by Gasteiger charge is -2.25. The number of carbonyl (C=O) groups excluding carboxylic acids is 3. The Hall–Kier alpha value is -2.87. The number of carbonyl (C=O) groups is 3. The van der Waals surface area contributed by atoms with E-state index in [-0.39, 0.29) is 17.7 Å². The Morgan fingerprint density at radius 3 is 2.31 bits per heavy atom. The largest absolute Gasteiger partial charge is 0.477 e. The molecule has 1 rings (SSSR count). The maximum atomic E-state index is 13.1. The molecule has 0 aliphatic carbocycles. The van der Waals surface area contributed by atoms with E-state index in [9.17, 15) is 14.4 Å². The molecule has 0 spiro atoms. The first-order valence-electron chi connectivity index (χ1n) is 11.0. The number of methoxy groups -OCH3 is 1. The van der Waals surface area contributed by atoms with Gasteiger partial charge < -0.3 is 25.4 Å². The van der Waals surface area contributed by atoms with Crippen LogP contribution in [0.1, 0.15) is 39.2 Å². The first-order chi connectivity index (χ1) is 15.3. The highest BCUT2D eigenvalue weighted by Crippen LogP contribution is 2.10. The van der Waals surface area contributed by atoms with Gasteiger partial charge in [0, 0.05) is 13.7 Å². The lowest BCUT2D eigenvalue weighted by atomic mass is 9.99. The summed E-state index contributed by atoms with van der Waals surface area (Å²) < 4.78 is 10.4. The number of nitrogens with one attached hydrogen (secondary N) is 3. The Kier molecular flexibility index (Phi) is 12.7. The Balaban J connectivity index is 2.90. The minimum atomic E-state index is -0.937. The van der Waals surface area contributed by atoms with E-state index in [0.29, 0.717) is 39.0 Å². The van der Waals surface area contributed by atoms with Gasteiger partial charge in [0.1, 0.15) is 12.6 Å². The number of aryl methyl sites for hydroxylation is 1. The molecule has 0 bridgehead atoms. The highest BCUT2D eigenvalue weighted by atomic mass is 16.5. The van der Waals surface area contributed by atoms with E-state index in [4.69, 9.17) is 9.47 Å². The zero-order valence-corrected chi connectivity index (χ0v) is 19.6. The molecule has 0 fully saturated rings. The molecule has 0 aromatic heterocycles. The number of hydrogen-bond donors (Lipinski definition) is 3. The van der Waals surface area contributed by atoms with E-state index in [2.05, 4.69) is 22.5 Å². The number of ether oxygens (including phenoxy) is 2. The number of rotatable bonds is 16. The zero-order valence-electron chi connectivity index (χ0n) is 19.6. The molecule has 0 radical (unpaired) electrons. The van der Waals surface area contributed by atoms with Gasteiger partial charge in [-0.1, -0.05) is 44.2 Å². The van der Waals surface area contributed by atoms with Crippen molar-refractivity contribution in [2.75, 3.05) is 26.9 Å². The van der Waals surface area contributed by atoms with Crippen molar-refractivity contribution in [2.24, 2.45) is 5.92 Å². The molecule has 2 atom stereocenters. The van der Waals surface area contributed by atoms with E-state index in [1.54, 1.807) is 14.0 Å². The average molecular weight is 448 g/mol. The van der Waals surface area contributed by atoms with Crippen LogP contribution in [0.4, 0.5) is 0 Å². The average Bonchev–Trinajstić information content (AvgIpc) is 2.76. The summed E-state index contributed by atoms with van der Waals surface area (Å²) in [6.07, 6.45) is 1.36. The number of likely N-dealkylation sites (N-methyl/N-ethyl adjacent to an activating group) is 1. The van der Waals surface area contributed by atoms with Crippen LogP contribution in [-0.4, -0.2) is 56.5 Å². The van der Waals surface area contributed by atoms with E-state index in [1.165, 1.54) is 0 Å². The van der Waals surface area contributed by atoms with Gasteiger partial charge in [-0.05, 0) is 44.2 Å². The normalized spacial score (nSPS) is 12.5. The summed E-state index contributed by atoms with van der Waals surface area (Å²) in [5.41, 5.74) is 1.02. The summed E-state index contributed by atoms with van der Waals surface area (Å²) in [5.74, 6) is -1.29. The maximum Gasteiger partial charge on any atom is 0.289 e. The van der Waals surface area contributed by atoms with Gasteiger partial charge in [-0.25, -0.2) is 0 Å². The standard InChI is InChI=1S/C24H37N3O5/c1-6-25-24(30)22(28)20(13-12-19-10-8-7-9-11-19)27-23(29)21(16-17(2)3)26-18(4)32-15-14-31-5/h7-11,17,20-21,26H,4,6,12-16H2,1-3,5H3,(H,25,30)(H,27,29)/t20-,21-/m0/s1. The summed E-state index contributed by atoms with van der Waals surface area (Å²) in [7, 11) is 1.57. The van der Waals surface area contributed by atoms with Gasteiger partial charge in [0.05, 0.1) is 12.6 Å². The zero-order chi connectivity index (χ0) is 23.9. The van der Waals surface area contributed by atoms with E-state index >= 15 is 0 Å². The Bertz CT molecular complexity index is 736. The fourth-order valence-electron chi connectivity index (χ4n) is 3.09. The van der Waals surface area contributed by atoms with Gasteiger partial charge in [0.2, 0.25) is 11.7 Å². The number of ketones is 1. The van der Waals surface area contributed by atoms with Gasteiger partial charge >= 0.3 is 0 Å². The Morgan fingerprint density at radius 1 is 1.03 bits per heavy atom. The molecule has 0 saturated carbocycles. The summed E-state index contributed by atoms with van der Waals surface area (Å²) in [6.45, 7) is 10.5. The molecule has 2 amide bonds. The van der Waals surface area contributed by atoms with Crippen LogP contribution in [-0.2, 0) is 30.3 Å². The SMILES string of the molecule is C=C(N[C@@H](CC(C)C)C(=O)N[C@@H](CCc1ccccc1)C(=O)C(=O)NCC)OCCOC. The molecule has 0 aliphatic rings. The molecular weight excluding hydrogens is 410 g/mol. The van der Waals surface area contributed by atoms with Gasteiger partial charge in [0.15, 0.2) is 5.88 Å². The molecule has 3 N–H and O–H groups in total. The second kappa shape index (κ2) is 15.0. The molecule has 8 nitrogen and oxygen atoms in total. The van der Waals surface area contributed by atoms with Crippen molar-refractivity contribution in [3.8, 4) is 0 Å². The highest BCUT2D eigenvalue weighted by molar-refractivity contribution is 6.38. The molecule has 0 saturated heterocycles. The fraction of sp³-hybridized carbons (Fsp3) is 0.542. The van der Waals surface area contributed by atoms with Crippen LogP contribution in [0.15, 0.2) is 42.8 Å². The first kappa shape index (κ1) is 27.2. The topological polar surface area (TPSA) is 106 Å². The van der Waals surface area contributed by atoms with Gasteiger partial charge in [-0.15, -0.1) is 0 Å². The monoisotopic (exact) mass is 447 g/mol. The fourth-order valence-corrected chi connectivity index (χ4v) is 3.09. The lowest BCUT2D eigenvalue weighted by Crippen LogP contribution is -2.53. The Labute approximate surface area is 191 Å². The van der Waals surface area contributed by atoms with Gasteiger partial charge in [-0.3, -0.25) is 14.4 Å². The van der Waals surface area contributed by atoms with Crippen molar-refractivity contribution < 1.29 is 23.9 Å². The minimum absolute atomic E-state index is 0.201. The molecule has 8 heteroatoms. The smallest absolute Gasteiger partial charge is 0.289 e. The molecule has 1 aromatic rings. The minimum Gasteiger partial charge on any atom is -0.477 e. The highest BCUT2D eigenvalue weighted by Gasteiger charge is 2.29. The molecule has 32 heavy (non-hydrogen) atoms. The van der Waals surface area contributed by atoms with Crippen LogP contribution in [0.25, 0.3) is 0 Å². The van der Waals surface area contributed by atoms with Crippen LogP contribution in [0.3, 0.4) is 0 Å². The molecular formula is C24H37N3O5. The summed E-state index contributed by atoms with van der Waals surface area (Å²) in [6, 6.07) is 8.02. The third-order valence-electron chi connectivity index (χ3n) is 4.68. The van der Waals surface area contributed by atoms with Crippen molar-refractivity contribution in [3.63, 3.8) is 0 Å². The van der Waals surface area contributed by atoms with Crippen molar-refractivity contribution in [2.45, 2.75) is 52.1 Å². The molecule has 178 valence electrons. The second-order valence-corrected chi connectivity index (χ2v) is 7.90. The third kappa shape index (κ3) is 10.4. The quantitative estimate of drug-likeness (QED) is 0.203. The van der Waals surface area contributed by atoms with E-state index < -0.39 is 23.8 Å². The number of hydrogen-bond acceptors (Lipinski definition) is 6. The van der Waals surface area contributed by atoms with E-state index in [1.807, 2.05) is 44.2 Å². The molecule has 0 unspecified atom stereocenters. The van der Waals surface area contributed by atoms with Crippen LogP contribution in [0.5, 0.6) is 0 Å². The summed E-state index contributed by atoms with van der Waals surface area (Å²) in [4.78, 5) is 38.0. The van der Waals surface area contributed by atoms with Crippen molar-refractivity contribution in [1.82, 2.24) is 16.0 Å². The first-order valence-corrected chi connectivity index (χ1v) is 11.0. The lowest BCUT2D eigenvalue weighted by molar-refractivity contribution is -0.140. The Morgan fingerprint density at radius 2 is 1.72 bits per heavy atom. The number of benzene rings is 1. The van der Waals surface area contributed by atoms with E-state index in [0.717, 1.165) is 5.56 Å². The molecule has 1 aromatic carbocycles. The third-order valence-corrected chi connectivity index (χ3v) is 4.68. The molecule has 0 heterocycles. The van der Waals surface area contributed by atoms with Crippen LogP contribution in [0.2, 0.25) is 0 Å². The number of amides is 2. The van der Waals surface area contributed by atoms with Crippen LogP contribution in [0, 0.1) is 5.92 Å². The van der Waals surface area contributed by atoms with Crippen LogP contribution >= 0.6 is 0 Å². The van der Waals surface area contributed by atoms with Crippen LogP contribution < -0.4 is 16.0 Å². The summed E-state index contributed by atoms with van der Waals surface area (Å²) >= 11 is 0. The van der Waals surface area contributed by atoms with Crippen molar-refractivity contribution in [1.29, 1.82) is 0 Å². The predicted octanol–water partition coefficient (Wildman–Crippen LogP) is 1.95. The summed E-state index contributed by atoms with van der Waals surface area (Å²) in [5, 5.41) is 8.27. The van der Waals surface area contributed by atoms with Crippen molar-refractivity contribution >= 4 is 17.6 Å². The number of Topliss-reactive ketones (excluding diaryl/α,β-unsaturated/α-hetero) is 1. The predicted molar refractivity (Wildman–Crippen MR) is 124 cm³/mol. The van der Waals surface area contributed by atoms with Gasteiger partial charge in [-0.2, -0.15) is 0 Å². The second-order valence-electron chi connectivity index (χ2n) is 7.90.